The Balaban J connectivity index is 3.13. The van der Waals surface area contributed by atoms with Gasteiger partial charge in [0, 0.05) is 5.56 Å². The van der Waals surface area contributed by atoms with Gasteiger partial charge in [-0.1, -0.05) is 5.16 Å². The summed E-state index contributed by atoms with van der Waals surface area (Å²) in [4.78, 5) is 0. The van der Waals surface area contributed by atoms with E-state index in [4.69, 9.17) is 19.9 Å². The van der Waals surface area contributed by atoms with E-state index in [1.54, 1.807) is 12.1 Å². The van der Waals surface area contributed by atoms with Crippen LogP contribution in [0, 0.1) is 14.9 Å². The lowest BCUT2D eigenvalue weighted by molar-refractivity contribution is 0.321. The van der Waals surface area contributed by atoms with E-state index in [0.717, 1.165) is 3.57 Å². The Morgan fingerprint density at radius 3 is 2.94 bits per heavy atom. The third-order valence-electron chi connectivity index (χ3n) is 1.74. The highest BCUT2D eigenvalue weighted by atomic mass is 127. The summed E-state index contributed by atoms with van der Waals surface area (Å²) in [5.41, 5.74) is 0.688. The minimum Gasteiger partial charge on any atom is -0.493 e. The highest BCUT2D eigenvalue weighted by Gasteiger charge is 2.10. The third kappa shape index (κ3) is 3.00. The maximum atomic E-state index is 8.45. The van der Waals surface area contributed by atoms with Crippen LogP contribution in [0.15, 0.2) is 17.3 Å². The topological polar surface area (TPSA) is 74.8 Å². The summed E-state index contributed by atoms with van der Waals surface area (Å²) in [5.74, 6) is 1.01. The summed E-state index contributed by atoms with van der Waals surface area (Å²) in [6.45, 7) is -0.0419. The van der Waals surface area contributed by atoms with Crippen LogP contribution in [0.3, 0.4) is 0 Å². The van der Waals surface area contributed by atoms with Gasteiger partial charge < -0.3 is 14.7 Å². The molecule has 0 amide bonds. The predicted octanol–water partition coefficient (Wildman–Crippen LogP) is 2.01. The molecular weight excluding hydrogens is 323 g/mol. The molecule has 84 valence electrons. The molecule has 0 aliphatic heterocycles. The Morgan fingerprint density at radius 2 is 2.38 bits per heavy atom. The Hall–Kier alpha value is -1.49. The van der Waals surface area contributed by atoms with Gasteiger partial charge in [0.1, 0.15) is 6.07 Å². The van der Waals surface area contributed by atoms with Gasteiger partial charge in [-0.2, -0.15) is 5.26 Å². The smallest absolute Gasteiger partial charge is 0.176 e. The molecule has 6 heteroatoms. The van der Waals surface area contributed by atoms with Gasteiger partial charge in [0.15, 0.2) is 18.1 Å². The van der Waals surface area contributed by atoms with E-state index in [2.05, 4.69) is 27.7 Å². The fourth-order valence-corrected chi connectivity index (χ4v) is 1.91. The first-order valence-corrected chi connectivity index (χ1v) is 5.35. The average molecular weight is 332 g/mol. The molecule has 0 atom stereocenters. The van der Waals surface area contributed by atoms with Crippen LogP contribution in [0.1, 0.15) is 5.56 Å². The molecule has 1 rings (SSSR count). The van der Waals surface area contributed by atoms with Gasteiger partial charge in [0.25, 0.3) is 0 Å². The van der Waals surface area contributed by atoms with E-state index >= 15 is 0 Å². The van der Waals surface area contributed by atoms with E-state index in [-0.39, 0.29) is 6.61 Å². The van der Waals surface area contributed by atoms with Crippen molar-refractivity contribution in [2.24, 2.45) is 5.16 Å². The molecule has 0 aliphatic rings. The molecule has 0 saturated carbocycles. The molecular formula is C10H9IN2O3. The second-order valence-corrected chi connectivity index (χ2v) is 3.89. The van der Waals surface area contributed by atoms with Crippen LogP contribution >= 0.6 is 22.6 Å². The molecule has 0 bridgehead atoms. The Labute approximate surface area is 106 Å². The fraction of sp³-hybridized carbons (Fsp3) is 0.200. The van der Waals surface area contributed by atoms with E-state index in [1.807, 2.05) is 6.07 Å². The van der Waals surface area contributed by atoms with Gasteiger partial charge in [-0.15, -0.1) is 0 Å². The molecule has 1 aromatic rings. The normalized spacial score (nSPS) is 10.1. The van der Waals surface area contributed by atoms with E-state index in [1.165, 1.54) is 13.3 Å². The lowest BCUT2D eigenvalue weighted by atomic mass is 10.2. The second-order valence-electron chi connectivity index (χ2n) is 2.73. The minimum atomic E-state index is -0.0419. The molecule has 0 radical (unpaired) electrons. The van der Waals surface area contributed by atoms with Crippen LogP contribution in [0.4, 0.5) is 0 Å². The molecule has 0 aliphatic carbocycles. The van der Waals surface area contributed by atoms with Crippen LogP contribution in [0.5, 0.6) is 11.5 Å². The Kier molecular flexibility index (Phi) is 4.85. The van der Waals surface area contributed by atoms with Gasteiger partial charge in [0.05, 0.1) is 16.9 Å². The standard InChI is InChI=1S/C10H9IN2O3/c1-15-9-5-7(6-13-14)4-8(11)10(9)16-3-2-12/h4-6,14H,3H2,1H3. The predicted molar refractivity (Wildman–Crippen MR) is 66.2 cm³/mol. The lowest BCUT2D eigenvalue weighted by Gasteiger charge is -2.11. The van der Waals surface area contributed by atoms with Crippen molar-refractivity contribution in [3.63, 3.8) is 0 Å². The van der Waals surface area contributed by atoms with Crippen molar-refractivity contribution in [3.05, 3.63) is 21.3 Å². The van der Waals surface area contributed by atoms with E-state index in [9.17, 15) is 0 Å². The number of nitrogens with zero attached hydrogens (tertiary/aromatic N) is 2. The summed E-state index contributed by atoms with van der Waals surface area (Å²) in [6, 6.07) is 5.31. The zero-order valence-electron chi connectivity index (χ0n) is 8.48. The van der Waals surface area contributed by atoms with Crippen molar-refractivity contribution >= 4 is 28.8 Å². The Bertz CT molecular complexity index is 440. The highest BCUT2D eigenvalue weighted by Crippen LogP contribution is 2.33. The molecule has 0 aromatic heterocycles. The second kappa shape index (κ2) is 6.17. The van der Waals surface area contributed by atoms with E-state index < -0.39 is 0 Å². The maximum absolute atomic E-state index is 8.45. The summed E-state index contributed by atoms with van der Waals surface area (Å²) in [6.07, 6.45) is 1.29. The zero-order chi connectivity index (χ0) is 12.0. The van der Waals surface area contributed by atoms with Crippen LogP contribution in [0.25, 0.3) is 0 Å². The molecule has 1 N–H and O–H groups in total. The van der Waals surface area contributed by atoms with Crippen LogP contribution < -0.4 is 9.47 Å². The van der Waals surface area contributed by atoms with Crippen molar-refractivity contribution < 1.29 is 14.7 Å². The third-order valence-corrected chi connectivity index (χ3v) is 2.54. The number of nitriles is 1. The van der Waals surface area contributed by atoms with Gasteiger partial charge in [-0.05, 0) is 34.7 Å². The maximum Gasteiger partial charge on any atom is 0.176 e. The van der Waals surface area contributed by atoms with Crippen molar-refractivity contribution in [3.8, 4) is 17.6 Å². The number of methoxy groups -OCH3 is 1. The number of hydrogen-bond acceptors (Lipinski definition) is 5. The number of ether oxygens (including phenoxy) is 2. The van der Waals surface area contributed by atoms with Crippen LogP contribution in [-0.4, -0.2) is 25.1 Å². The summed E-state index contributed by atoms with van der Waals surface area (Å²) in [5, 5.41) is 19.8. The van der Waals surface area contributed by atoms with Crippen LogP contribution in [0.2, 0.25) is 0 Å². The first-order chi connectivity index (χ1) is 7.72. The first-order valence-electron chi connectivity index (χ1n) is 4.27. The molecule has 1 aromatic carbocycles. The van der Waals surface area contributed by atoms with E-state index in [0.29, 0.717) is 17.1 Å². The number of halogens is 1. The van der Waals surface area contributed by atoms with Crippen molar-refractivity contribution in [2.45, 2.75) is 0 Å². The molecule has 0 fully saturated rings. The zero-order valence-corrected chi connectivity index (χ0v) is 10.6. The van der Waals surface area contributed by atoms with Gasteiger partial charge in [-0.3, -0.25) is 0 Å². The summed E-state index contributed by atoms with van der Waals surface area (Å²) >= 11 is 2.06. The van der Waals surface area contributed by atoms with Gasteiger partial charge in [-0.25, -0.2) is 0 Å². The molecule has 0 spiro atoms. The largest absolute Gasteiger partial charge is 0.493 e. The van der Waals surface area contributed by atoms with Gasteiger partial charge >= 0.3 is 0 Å². The molecule has 16 heavy (non-hydrogen) atoms. The molecule has 0 unspecified atom stereocenters. The quantitative estimate of drug-likeness (QED) is 0.396. The SMILES string of the molecule is COc1cc(C=NO)cc(I)c1OCC#N. The fourth-order valence-electron chi connectivity index (χ4n) is 1.13. The Morgan fingerprint density at radius 1 is 1.62 bits per heavy atom. The first kappa shape index (κ1) is 12.6. The lowest BCUT2D eigenvalue weighted by Crippen LogP contribution is -2.00. The average Bonchev–Trinajstić information content (AvgIpc) is 2.27. The molecule has 5 nitrogen and oxygen atoms in total. The molecule has 0 heterocycles. The van der Waals surface area contributed by atoms with Gasteiger partial charge in [0.2, 0.25) is 0 Å². The summed E-state index contributed by atoms with van der Waals surface area (Å²) < 4.78 is 11.1. The number of oxime groups is 1. The highest BCUT2D eigenvalue weighted by molar-refractivity contribution is 14.1. The molecule has 0 saturated heterocycles. The number of benzene rings is 1. The monoisotopic (exact) mass is 332 g/mol. The van der Waals surface area contributed by atoms with Crippen molar-refractivity contribution in [1.29, 1.82) is 5.26 Å². The van der Waals surface area contributed by atoms with Crippen LogP contribution in [-0.2, 0) is 0 Å². The summed E-state index contributed by atoms with van der Waals surface area (Å²) in [7, 11) is 1.50. The number of hydrogen-bond donors (Lipinski definition) is 1. The van der Waals surface area contributed by atoms with Crippen molar-refractivity contribution in [1.82, 2.24) is 0 Å². The van der Waals surface area contributed by atoms with Crippen molar-refractivity contribution in [2.75, 3.05) is 13.7 Å². The number of rotatable bonds is 4. The minimum absolute atomic E-state index is 0.0419.